The molecule has 2 rings (SSSR count). The van der Waals surface area contributed by atoms with Crippen LogP contribution in [0.1, 0.15) is 23.1 Å². The number of nitrogens with zero attached hydrogens (tertiary/aromatic N) is 3. The molecule has 0 fully saturated rings. The molecule has 2 aromatic rings. The summed E-state index contributed by atoms with van der Waals surface area (Å²) in [5.74, 6) is 5.64. The van der Waals surface area contributed by atoms with E-state index in [4.69, 9.17) is 29.0 Å². The quantitative estimate of drug-likeness (QED) is 0.633. The lowest BCUT2D eigenvalue weighted by molar-refractivity contribution is 0.518. The van der Waals surface area contributed by atoms with Crippen molar-refractivity contribution in [2.75, 3.05) is 0 Å². The Morgan fingerprint density at radius 1 is 1.50 bits per heavy atom. The van der Waals surface area contributed by atoms with Crippen LogP contribution in [0, 0.1) is 6.92 Å². The number of hydrogen-bond acceptors (Lipinski definition) is 4. The second-order valence-electron chi connectivity index (χ2n) is 4.41. The normalized spacial score (nSPS) is 12.7. The maximum Gasteiger partial charge on any atom is 0.0777 e. The molecule has 0 spiro atoms. The largest absolute Gasteiger partial charge is 0.271 e. The van der Waals surface area contributed by atoms with Crippen LogP contribution in [0.2, 0.25) is 10.0 Å². The molecular formula is C12H14BrCl2N5. The third-order valence-electron chi connectivity index (χ3n) is 3.03. The Labute approximate surface area is 135 Å². The minimum atomic E-state index is -0.231. The molecule has 1 atom stereocenters. The number of halogens is 3. The number of hydrogen-bond donors (Lipinski definition) is 2. The van der Waals surface area contributed by atoms with E-state index in [1.165, 1.54) is 0 Å². The van der Waals surface area contributed by atoms with E-state index in [-0.39, 0.29) is 6.04 Å². The van der Waals surface area contributed by atoms with Crippen LogP contribution < -0.4 is 11.3 Å². The molecule has 0 radical (unpaired) electrons. The summed E-state index contributed by atoms with van der Waals surface area (Å²) in [6.07, 6.45) is 2.15. The van der Waals surface area contributed by atoms with Gasteiger partial charge in [0.2, 0.25) is 0 Å². The molecule has 5 nitrogen and oxygen atoms in total. The highest BCUT2D eigenvalue weighted by Gasteiger charge is 2.20. The zero-order chi connectivity index (χ0) is 14.9. The van der Waals surface area contributed by atoms with Gasteiger partial charge < -0.3 is 0 Å². The van der Waals surface area contributed by atoms with E-state index in [1.807, 2.05) is 18.7 Å². The van der Waals surface area contributed by atoms with Crippen LogP contribution >= 0.6 is 39.1 Å². The Kier molecular flexibility index (Phi) is 5.04. The fourth-order valence-corrected chi connectivity index (χ4v) is 3.02. The number of nitrogens with two attached hydrogens (primary N) is 1. The lowest BCUT2D eigenvalue weighted by Crippen LogP contribution is -2.31. The first-order chi connectivity index (χ1) is 9.43. The first-order valence-electron chi connectivity index (χ1n) is 5.89. The molecule has 0 bridgehead atoms. The molecule has 3 N–H and O–H groups in total. The summed E-state index contributed by atoms with van der Waals surface area (Å²) < 4.78 is 2.78. The van der Waals surface area contributed by atoms with Gasteiger partial charge in [0, 0.05) is 19.7 Å². The van der Waals surface area contributed by atoms with Crippen molar-refractivity contribution in [3.63, 3.8) is 0 Å². The minimum absolute atomic E-state index is 0.231. The third kappa shape index (κ3) is 3.15. The van der Waals surface area contributed by atoms with Gasteiger partial charge in [0.25, 0.3) is 0 Å². The number of nitrogens with one attached hydrogen (secondary N) is 1. The first-order valence-corrected chi connectivity index (χ1v) is 7.44. The van der Waals surface area contributed by atoms with Crippen LogP contribution in [-0.4, -0.2) is 14.8 Å². The van der Waals surface area contributed by atoms with Gasteiger partial charge in [-0.1, -0.05) is 23.2 Å². The van der Waals surface area contributed by atoms with E-state index in [9.17, 15) is 0 Å². The Bertz CT molecular complexity index is 629. The second kappa shape index (κ2) is 6.41. The lowest BCUT2D eigenvalue weighted by atomic mass is 10.1. The van der Waals surface area contributed by atoms with Gasteiger partial charge in [-0.15, -0.1) is 0 Å². The maximum absolute atomic E-state index is 6.18. The molecule has 8 heteroatoms. The van der Waals surface area contributed by atoms with Gasteiger partial charge in [0.05, 0.1) is 37.6 Å². The van der Waals surface area contributed by atoms with E-state index >= 15 is 0 Å². The van der Waals surface area contributed by atoms with E-state index in [0.29, 0.717) is 22.2 Å². The zero-order valence-corrected chi connectivity index (χ0v) is 14.1. The van der Waals surface area contributed by atoms with Gasteiger partial charge >= 0.3 is 0 Å². The van der Waals surface area contributed by atoms with Gasteiger partial charge in [0.15, 0.2) is 0 Å². The van der Waals surface area contributed by atoms with E-state index in [2.05, 4.69) is 31.4 Å². The predicted octanol–water partition coefficient (Wildman–Crippen LogP) is 2.94. The van der Waals surface area contributed by atoms with Gasteiger partial charge in [-0.25, -0.2) is 0 Å². The standard InChI is InChI=1S/C12H14BrCl2N5/c1-6-11(13)10(20(2)19-6)4-9(18-16)12-8(15)3-7(14)5-17-12/h3,5,9,18H,4,16H2,1-2H3. The predicted molar refractivity (Wildman–Crippen MR) is 83.7 cm³/mol. The highest BCUT2D eigenvalue weighted by atomic mass is 79.9. The van der Waals surface area contributed by atoms with Crippen LogP contribution in [0.25, 0.3) is 0 Å². The molecule has 0 aliphatic rings. The molecule has 1 unspecified atom stereocenters. The average molecular weight is 379 g/mol. The molecular weight excluding hydrogens is 365 g/mol. The molecule has 0 saturated heterocycles. The van der Waals surface area contributed by atoms with Crippen molar-refractivity contribution in [3.05, 3.63) is 43.9 Å². The van der Waals surface area contributed by atoms with Crippen molar-refractivity contribution in [2.45, 2.75) is 19.4 Å². The number of aromatic nitrogens is 3. The molecule has 20 heavy (non-hydrogen) atoms. The van der Waals surface area contributed by atoms with Crippen LogP contribution in [0.4, 0.5) is 0 Å². The molecule has 0 saturated carbocycles. The van der Waals surface area contributed by atoms with E-state index in [0.717, 1.165) is 15.9 Å². The first kappa shape index (κ1) is 15.7. The van der Waals surface area contributed by atoms with Crippen LogP contribution in [-0.2, 0) is 13.5 Å². The monoisotopic (exact) mass is 377 g/mol. The minimum Gasteiger partial charge on any atom is -0.271 e. The Hall–Kier alpha value is -0.660. The average Bonchev–Trinajstić information content (AvgIpc) is 2.62. The number of hydrazine groups is 1. The van der Waals surface area contributed by atoms with Crippen LogP contribution in [0.15, 0.2) is 16.7 Å². The van der Waals surface area contributed by atoms with Crippen molar-refractivity contribution in [1.82, 2.24) is 20.2 Å². The van der Waals surface area contributed by atoms with Crippen molar-refractivity contribution in [2.24, 2.45) is 12.9 Å². The van der Waals surface area contributed by atoms with Crippen LogP contribution in [0.3, 0.4) is 0 Å². The summed E-state index contributed by atoms with van der Waals surface area (Å²) in [6, 6.07) is 1.42. The van der Waals surface area contributed by atoms with E-state index in [1.54, 1.807) is 12.3 Å². The molecule has 108 valence electrons. The summed E-state index contributed by atoms with van der Waals surface area (Å²) in [6.45, 7) is 1.94. The zero-order valence-electron chi connectivity index (χ0n) is 11.0. The summed E-state index contributed by atoms with van der Waals surface area (Å²) in [5, 5.41) is 5.33. The lowest BCUT2D eigenvalue weighted by Gasteiger charge is -2.17. The Morgan fingerprint density at radius 2 is 2.20 bits per heavy atom. The van der Waals surface area contributed by atoms with Crippen LogP contribution in [0.5, 0.6) is 0 Å². The summed E-state index contributed by atoms with van der Waals surface area (Å²) >= 11 is 15.6. The second-order valence-corrected chi connectivity index (χ2v) is 6.05. The van der Waals surface area contributed by atoms with Crippen molar-refractivity contribution < 1.29 is 0 Å². The van der Waals surface area contributed by atoms with Crippen molar-refractivity contribution in [1.29, 1.82) is 0 Å². The summed E-state index contributed by atoms with van der Waals surface area (Å²) in [5.41, 5.74) is 5.33. The van der Waals surface area contributed by atoms with Crippen molar-refractivity contribution >= 4 is 39.1 Å². The molecule has 0 aliphatic carbocycles. The van der Waals surface area contributed by atoms with E-state index < -0.39 is 0 Å². The summed E-state index contributed by atoms with van der Waals surface area (Å²) in [4.78, 5) is 4.26. The molecule has 2 aromatic heterocycles. The Morgan fingerprint density at radius 3 is 2.70 bits per heavy atom. The number of pyridine rings is 1. The molecule has 0 aliphatic heterocycles. The van der Waals surface area contributed by atoms with Gasteiger partial charge in [-0.2, -0.15) is 5.10 Å². The smallest absolute Gasteiger partial charge is 0.0777 e. The van der Waals surface area contributed by atoms with Gasteiger partial charge in [0.1, 0.15) is 0 Å². The fourth-order valence-electron chi connectivity index (χ4n) is 2.01. The molecule has 0 aromatic carbocycles. The molecule has 2 heterocycles. The number of rotatable bonds is 4. The summed E-state index contributed by atoms with van der Waals surface area (Å²) in [7, 11) is 1.89. The SMILES string of the molecule is Cc1nn(C)c(CC(NN)c2ncc(Cl)cc2Cl)c1Br. The topological polar surface area (TPSA) is 68.8 Å². The van der Waals surface area contributed by atoms with Gasteiger partial charge in [-0.3, -0.25) is 20.9 Å². The number of aryl methyl sites for hydroxylation is 2. The highest BCUT2D eigenvalue weighted by molar-refractivity contribution is 9.10. The Balaban J connectivity index is 2.33. The molecule has 0 amide bonds. The maximum atomic E-state index is 6.18. The third-order valence-corrected chi connectivity index (χ3v) is 4.57. The van der Waals surface area contributed by atoms with Crippen molar-refractivity contribution in [3.8, 4) is 0 Å². The van der Waals surface area contributed by atoms with Gasteiger partial charge in [-0.05, 0) is 28.9 Å². The fraction of sp³-hybridized carbons (Fsp3) is 0.333. The highest BCUT2D eigenvalue weighted by Crippen LogP contribution is 2.29.